The average Bonchev–Trinajstić information content (AvgIpc) is 2.87. The number of aliphatic imine (C=N–C) groups is 1. The number of benzene rings is 2. The zero-order chi connectivity index (χ0) is 23.3. The molecule has 176 valence electrons. The number of likely N-dealkylation sites (N-methyl/N-ethyl adjacent to an activating group) is 1. The minimum atomic E-state index is 0.309. The van der Waals surface area contributed by atoms with Crippen molar-refractivity contribution in [3.8, 4) is 11.5 Å². The van der Waals surface area contributed by atoms with E-state index in [1.807, 2.05) is 54.7 Å². The molecule has 1 atom stereocenters. The summed E-state index contributed by atoms with van der Waals surface area (Å²) in [7, 11) is 2.14. The second-order valence-corrected chi connectivity index (χ2v) is 8.93. The number of piperazine rings is 1. The summed E-state index contributed by atoms with van der Waals surface area (Å²) in [5, 5.41) is 4.07. The molecule has 7 nitrogen and oxygen atoms in total. The molecule has 1 N–H and O–H groups in total. The molecule has 0 amide bonds. The van der Waals surface area contributed by atoms with Gasteiger partial charge in [-0.15, -0.1) is 0 Å². The van der Waals surface area contributed by atoms with E-state index in [1.54, 1.807) is 6.20 Å². The van der Waals surface area contributed by atoms with Crippen molar-refractivity contribution in [2.45, 2.75) is 12.6 Å². The molecule has 2 aliphatic rings. The molecule has 3 aromatic rings. The smallest absolute Gasteiger partial charge is 0.138 e. The quantitative estimate of drug-likeness (QED) is 0.552. The summed E-state index contributed by atoms with van der Waals surface area (Å²) in [6.07, 6.45) is 3.65. The standard InChI is InChI=1S/C26H28ClN5O2/c1-31-12-11-30-20(15-31)17-33-25-7-4-6-24-22(25)14-28-18-32(24)21-8-9-26(23(27)13-21)34-16-19-5-2-3-10-29-19/h2-10,13-14,20,30H,11-12,15-18H2,1H3/t20-/m0/s1. The molecule has 0 saturated carbocycles. The van der Waals surface area contributed by atoms with E-state index in [2.05, 4.69) is 38.2 Å². The summed E-state index contributed by atoms with van der Waals surface area (Å²) in [5.41, 5.74) is 3.81. The van der Waals surface area contributed by atoms with Crippen molar-refractivity contribution in [1.82, 2.24) is 15.2 Å². The van der Waals surface area contributed by atoms with Gasteiger partial charge < -0.3 is 24.6 Å². The van der Waals surface area contributed by atoms with E-state index >= 15 is 0 Å². The van der Waals surface area contributed by atoms with Gasteiger partial charge in [0.15, 0.2) is 0 Å². The molecular weight excluding hydrogens is 450 g/mol. The maximum absolute atomic E-state index is 6.57. The van der Waals surface area contributed by atoms with Crippen LogP contribution in [0.5, 0.6) is 11.5 Å². The van der Waals surface area contributed by atoms with Gasteiger partial charge in [0.25, 0.3) is 0 Å². The van der Waals surface area contributed by atoms with Crippen molar-refractivity contribution in [1.29, 1.82) is 0 Å². The molecule has 1 fully saturated rings. The maximum atomic E-state index is 6.57. The second kappa shape index (κ2) is 10.4. The van der Waals surface area contributed by atoms with E-state index in [4.69, 9.17) is 21.1 Å². The van der Waals surface area contributed by atoms with Crippen molar-refractivity contribution >= 4 is 29.2 Å². The summed E-state index contributed by atoms with van der Waals surface area (Å²) in [6, 6.07) is 18.0. The Bertz CT molecular complexity index is 1160. The molecule has 2 aromatic carbocycles. The Labute approximate surface area is 205 Å². The molecule has 8 heteroatoms. The topological polar surface area (TPSA) is 62.2 Å². The van der Waals surface area contributed by atoms with Crippen LogP contribution in [0.1, 0.15) is 11.3 Å². The maximum Gasteiger partial charge on any atom is 0.138 e. The Balaban J connectivity index is 1.30. The van der Waals surface area contributed by atoms with Crippen LogP contribution in [0, 0.1) is 0 Å². The highest BCUT2D eigenvalue weighted by Gasteiger charge is 2.22. The van der Waals surface area contributed by atoms with Gasteiger partial charge in [-0.05, 0) is 49.5 Å². The molecule has 34 heavy (non-hydrogen) atoms. The second-order valence-electron chi connectivity index (χ2n) is 8.52. The van der Waals surface area contributed by atoms with Gasteiger partial charge in [0.2, 0.25) is 0 Å². The monoisotopic (exact) mass is 477 g/mol. The lowest BCUT2D eigenvalue weighted by Crippen LogP contribution is -2.51. The first-order valence-corrected chi connectivity index (χ1v) is 11.8. The first-order valence-electron chi connectivity index (χ1n) is 11.4. The van der Waals surface area contributed by atoms with Crippen molar-refractivity contribution < 1.29 is 9.47 Å². The third-order valence-electron chi connectivity index (χ3n) is 6.00. The highest BCUT2D eigenvalue weighted by molar-refractivity contribution is 6.32. The van der Waals surface area contributed by atoms with E-state index in [1.165, 1.54) is 0 Å². The first-order chi connectivity index (χ1) is 16.7. The Morgan fingerprint density at radius 2 is 2.03 bits per heavy atom. The average molecular weight is 478 g/mol. The Hall–Kier alpha value is -3.13. The number of rotatable bonds is 7. The largest absolute Gasteiger partial charge is 0.491 e. The SMILES string of the molecule is CN1CCN[C@H](COc2cccc3c2C=NCN3c2ccc(OCc3ccccn3)c(Cl)c2)C1. The molecule has 0 radical (unpaired) electrons. The lowest BCUT2D eigenvalue weighted by Gasteiger charge is -2.32. The summed E-state index contributed by atoms with van der Waals surface area (Å²) in [4.78, 5) is 13.3. The molecule has 0 bridgehead atoms. The van der Waals surface area contributed by atoms with Gasteiger partial charge in [0.05, 0.1) is 28.0 Å². The zero-order valence-electron chi connectivity index (χ0n) is 19.2. The van der Waals surface area contributed by atoms with Crippen LogP contribution in [0.25, 0.3) is 0 Å². The minimum absolute atomic E-state index is 0.309. The number of hydrogen-bond acceptors (Lipinski definition) is 7. The number of pyridine rings is 1. The number of fused-ring (bicyclic) bond motifs is 1. The van der Waals surface area contributed by atoms with E-state index in [-0.39, 0.29) is 0 Å². The third kappa shape index (κ3) is 5.17. The Morgan fingerprint density at radius 3 is 2.85 bits per heavy atom. The number of halogens is 1. The fraction of sp³-hybridized carbons (Fsp3) is 0.308. The van der Waals surface area contributed by atoms with Crippen LogP contribution in [0.2, 0.25) is 5.02 Å². The molecule has 2 aliphatic heterocycles. The molecule has 0 unspecified atom stereocenters. The van der Waals surface area contributed by atoms with E-state index < -0.39 is 0 Å². The lowest BCUT2D eigenvalue weighted by molar-refractivity contribution is 0.180. The molecular formula is C26H28ClN5O2. The third-order valence-corrected chi connectivity index (χ3v) is 6.30. The van der Waals surface area contributed by atoms with Gasteiger partial charge in [-0.25, -0.2) is 0 Å². The molecule has 5 rings (SSSR count). The highest BCUT2D eigenvalue weighted by atomic mass is 35.5. The van der Waals surface area contributed by atoms with Crippen molar-refractivity contribution in [3.05, 3.63) is 77.1 Å². The molecule has 0 aliphatic carbocycles. The van der Waals surface area contributed by atoms with Gasteiger partial charge >= 0.3 is 0 Å². The van der Waals surface area contributed by atoms with Gasteiger partial charge in [-0.2, -0.15) is 0 Å². The zero-order valence-corrected chi connectivity index (χ0v) is 19.9. The van der Waals surface area contributed by atoms with Crippen LogP contribution >= 0.6 is 11.6 Å². The van der Waals surface area contributed by atoms with Crippen molar-refractivity contribution in [3.63, 3.8) is 0 Å². The van der Waals surface area contributed by atoms with Crippen LogP contribution in [0.3, 0.4) is 0 Å². The van der Waals surface area contributed by atoms with Gasteiger partial charge in [-0.1, -0.05) is 23.7 Å². The number of nitrogens with one attached hydrogen (secondary N) is 1. The predicted octanol–water partition coefficient (Wildman–Crippen LogP) is 4.12. The van der Waals surface area contributed by atoms with Gasteiger partial charge in [0, 0.05) is 37.7 Å². The van der Waals surface area contributed by atoms with Crippen LogP contribution in [0.4, 0.5) is 11.4 Å². The van der Waals surface area contributed by atoms with Crippen LogP contribution in [-0.4, -0.2) is 62.1 Å². The molecule has 1 saturated heterocycles. The normalized spacial score (nSPS) is 17.9. The minimum Gasteiger partial charge on any atom is -0.491 e. The predicted molar refractivity (Wildman–Crippen MR) is 136 cm³/mol. The molecule has 3 heterocycles. The van der Waals surface area contributed by atoms with Gasteiger partial charge in [-0.3, -0.25) is 9.98 Å². The number of anilines is 2. The van der Waals surface area contributed by atoms with Crippen LogP contribution < -0.4 is 19.7 Å². The number of hydrogen-bond donors (Lipinski definition) is 1. The molecule has 0 spiro atoms. The van der Waals surface area contributed by atoms with Crippen LogP contribution in [0.15, 0.2) is 65.8 Å². The summed E-state index contributed by atoms with van der Waals surface area (Å²) < 4.78 is 12.1. The number of aromatic nitrogens is 1. The lowest BCUT2D eigenvalue weighted by atomic mass is 10.1. The number of ether oxygens (including phenoxy) is 2. The van der Waals surface area contributed by atoms with E-state index in [0.717, 1.165) is 48.0 Å². The van der Waals surface area contributed by atoms with Gasteiger partial charge in [0.1, 0.15) is 31.4 Å². The molecule has 1 aromatic heterocycles. The van der Waals surface area contributed by atoms with Crippen molar-refractivity contribution in [2.24, 2.45) is 4.99 Å². The fourth-order valence-electron chi connectivity index (χ4n) is 4.24. The highest BCUT2D eigenvalue weighted by Crippen LogP contribution is 2.38. The summed E-state index contributed by atoms with van der Waals surface area (Å²) >= 11 is 6.57. The van der Waals surface area contributed by atoms with E-state index in [0.29, 0.717) is 36.7 Å². The Morgan fingerprint density at radius 1 is 1.09 bits per heavy atom. The summed E-state index contributed by atoms with van der Waals surface area (Å²) in [6.45, 7) is 4.51. The van der Waals surface area contributed by atoms with Crippen LogP contribution in [-0.2, 0) is 6.61 Å². The van der Waals surface area contributed by atoms with E-state index in [9.17, 15) is 0 Å². The summed E-state index contributed by atoms with van der Waals surface area (Å²) in [5.74, 6) is 1.46. The number of nitrogens with zero attached hydrogens (tertiary/aromatic N) is 4. The van der Waals surface area contributed by atoms with Crippen molar-refractivity contribution in [2.75, 3.05) is 44.9 Å². The first kappa shape index (κ1) is 22.7. The Kier molecular flexibility index (Phi) is 6.94. The fourth-order valence-corrected chi connectivity index (χ4v) is 4.47.